The van der Waals surface area contributed by atoms with E-state index in [1.54, 1.807) is 24.1 Å². The zero-order chi connectivity index (χ0) is 27.3. The lowest BCUT2D eigenvalue weighted by atomic mass is 9.88. The van der Waals surface area contributed by atoms with E-state index >= 15 is 0 Å². The smallest absolute Gasteiger partial charge is 0.274 e. The number of nitrogens with one attached hydrogen (secondary N) is 2. The molecular weight excluding hydrogens is 507 g/mol. The number of hydrogen-bond acceptors (Lipinski definition) is 8. The van der Waals surface area contributed by atoms with Gasteiger partial charge in [0.25, 0.3) is 5.91 Å². The van der Waals surface area contributed by atoms with Crippen molar-refractivity contribution in [2.45, 2.75) is 44.2 Å². The van der Waals surface area contributed by atoms with Crippen molar-refractivity contribution in [2.24, 2.45) is 5.92 Å². The monoisotopic (exact) mass is 534 g/mol. The maximum absolute atomic E-state index is 14.4. The lowest BCUT2D eigenvalue weighted by molar-refractivity contribution is -0.122. The molecule has 2 fully saturated rings. The Morgan fingerprint density at radius 1 is 1.31 bits per heavy atom. The van der Waals surface area contributed by atoms with Crippen molar-refractivity contribution in [1.82, 2.24) is 34.7 Å². The highest BCUT2D eigenvalue weighted by Crippen LogP contribution is 2.50. The Kier molecular flexibility index (Phi) is 6.02. The van der Waals surface area contributed by atoms with Crippen molar-refractivity contribution in [3.8, 4) is 17.1 Å². The molecule has 4 aromatic heterocycles. The van der Waals surface area contributed by atoms with Crippen molar-refractivity contribution in [3.05, 3.63) is 54.0 Å². The number of aliphatic hydroxyl groups excluding tert-OH is 1. The average molecular weight is 535 g/mol. The van der Waals surface area contributed by atoms with Crippen LogP contribution in [0, 0.1) is 11.7 Å². The van der Waals surface area contributed by atoms with Crippen LogP contribution in [0.5, 0.6) is 5.88 Å². The molecule has 1 aliphatic heterocycles. The largest absolute Gasteiger partial charge is 0.481 e. The number of rotatable bonds is 6. The molecule has 0 unspecified atom stereocenters. The van der Waals surface area contributed by atoms with Gasteiger partial charge in [0.2, 0.25) is 11.8 Å². The van der Waals surface area contributed by atoms with Crippen LogP contribution in [0.15, 0.2) is 36.8 Å². The molecule has 3 N–H and O–H groups in total. The first-order valence-corrected chi connectivity index (χ1v) is 12.7. The molecule has 6 rings (SSSR count). The highest BCUT2D eigenvalue weighted by molar-refractivity contribution is 5.97. The molecule has 4 aromatic rings. The second-order valence-corrected chi connectivity index (χ2v) is 10.1. The summed E-state index contributed by atoms with van der Waals surface area (Å²) in [5.41, 5.74) is 1.72. The Bertz CT molecular complexity index is 1580. The molecule has 0 radical (unpaired) electrons. The predicted molar refractivity (Wildman–Crippen MR) is 136 cm³/mol. The van der Waals surface area contributed by atoms with Crippen LogP contribution < -0.4 is 10.1 Å². The topological polar surface area (TPSA) is 151 Å². The summed E-state index contributed by atoms with van der Waals surface area (Å²) in [4.78, 5) is 36.7. The van der Waals surface area contributed by atoms with Gasteiger partial charge in [-0.3, -0.25) is 14.7 Å². The zero-order valence-corrected chi connectivity index (χ0v) is 21.4. The number of aromatic nitrogens is 6. The van der Waals surface area contributed by atoms with Crippen LogP contribution in [0.2, 0.25) is 0 Å². The third kappa shape index (κ3) is 4.48. The summed E-state index contributed by atoms with van der Waals surface area (Å²) in [7, 11) is 1.44. The molecule has 2 amide bonds. The molecular formula is C26H27FN8O4. The number of methoxy groups -OCH3 is 1. The number of amides is 2. The zero-order valence-electron chi connectivity index (χ0n) is 21.4. The molecule has 0 aromatic carbocycles. The third-order valence-corrected chi connectivity index (χ3v) is 7.55. The number of piperidine rings is 1. The Balaban J connectivity index is 1.16. The van der Waals surface area contributed by atoms with Gasteiger partial charge < -0.3 is 20.1 Å². The molecule has 1 saturated carbocycles. The van der Waals surface area contributed by atoms with Gasteiger partial charge in [0, 0.05) is 35.8 Å². The van der Waals surface area contributed by atoms with E-state index in [2.05, 4.69) is 30.6 Å². The standard InChI is InChI=1S/C26H27FN8O4/c1-14(36)18-4-8-35-23(30-18)21(13-29-35)31-24(37)15-3-7-34(26(11-15)5-6-26)25(38)20-10-19(32-33-20)16-9-22(39-2)28-12-17(16)27/h4,8-10,12-15,36H,3,5-7,11H2,1-2H3,(H,31,37)(H,32,33)/t14-,15-/m0/s1. The highest BCUT2D eigenvalue weighted by Gasteiger charge is 2.54. The number of hydrogen-bond donors (Lipinski definition) is 3. The van der Waals surface area contributed by atoms with Crippen molar-refractivity contribution >= 4 is 23.1 Å². The molecule has 12 nitrogen and oxygen atoms in total. The van der Waals surface area contributed by atoms with Gasteiger partial charge >= 0.3 is 0 Å². The summed E-state index contributed by atoms with van der Waals surface area (Å²) in [5.74, 6) is -1.02. The quantitative estimate of drug-likeness (QED) is 0.342. The fraction of sp³-hybridized carbons (Fsp3) is 0.385. The van der Waals surface area contributed by atoms with E-state index < -0.39 is 17.5 Å². The molecule has 13 heteroatoms. The first-order chi connectivity index (χ1) is 18.8. The van der Waals surface area contributed by atoms with Crippen LogP contribution in [0.25, 0.3) is 16.9 Å². The van der Waals surface area contributed by atoms with Crippen LogP contribution in [0.4, 0.5) is 10.1 Å². The van der Waals surface area contributed by atoms with E-state index in [4.69, 9.17) is 4.74 Å². The van der Waals surface area contributed by atoms with Gasteiger partial charge in [-0.05, 0) is 44.7 Å². The van der Waals surface area contributed by atoms with Crippen LogP contribution in [0.1, 0.15) is 54.9 Å². The number of anilines is 1. The van der Waals surface area contributed by atoms with Crippen molar-refractivity contribution in [1.29, 1.82) is 0 Å². The number of halogens is 1. The van der Waals surface area contributed by atoms with Gasteiger partial charge in [-0.15, -0.1) is 0 Å². The van der Waals surface area contributed by atoms with Crippen LogP contribution in [-0.4, -0.2) is 70.8 Å². The SMILES string of the molecule is COc1cc(-c2cc(C(=O)N3CC[C@H](C(=O)Nc4cnn5ccc([C@H](C)O)nc45)CC34CC4)n[nH]2)c(F)cn1. The fourth-order valence-corrected chi connectivity index (χ4v) is 5.24. The van der Waals surface area contributed by atoms with E-state index in [0.29, 0.717) is 42.1 Å². The lowest BCUT2D eigenvalue weighted by Gasteiger charge is -2.39. The molecule has 202 valence electrons. The maximum Gasteiger partial charge on any atom is 0.274 e. The number of ether oxygens (including phenoxy) is 1. The number of H-pyrrole nitrogens is 1. The summed E-state index contributed by atoms with van der Waals surface area (Å²) in [6, 6.07) is 4.63. The van der Waals surface area contributed by atoms with Gasteiger partial charge in [-0.25, -0.2) is 18.9 Å². The van der Waals surface area contributed by atoms with Crippen LogP contribution in [0.3, 0.4) is 0 Å². The van der Waals surface area contributed by atoms with Crippen molar-refractivity contribution < 1.29 is 23.8 Å². The highest BCUT2D eigenvalue weighted by atomic mass is 19.1. The van der Waals surface area contributed by atoms with Crippen LogP contribution >= 0.6 is 0 Å². The average Bonchev–Trinajstić information content (AvgIpc) is 3.34. The first kappa shape index (κ1) is 24.9. The van der Waals surface area contributed by atoms with Gasteiger partial charge in [0.15, 0.2) is 17.2 Å². The summed E-state index contributed by atoms with van der Waals surface area (Å²) >= 11 is 0. The number of fused-ring (bicyclic) bond motifs is 1. The van der Waals surface area contributed by atoms with Crippen LogP contribution in [-0.2, 0) is 4.79 Å². The minimum Gasteiger partial charge on any atom is -0.481 e. The molecule has 5 heterocycles. The minimum atomic E-state index is -0.748. The predicted octanol–water partition coefficient (Wildman–Crippen LogP) is 2.74. The molecule has 1 spiro atoms. The molecule has 1 saturated heterocycles. The van der Waals surface area contributed by atoms with Crippen molar-refractivity contribution in [3.63, 3.8) is 0 Å². The minimum absolute atomic E-state index is 0.156. The maximum atomic E-state index is 14.4. The van der Waals surface area contributed by atoms with E-state index in [0.717, 1.165) is 19.0 Å². The Hall–Kier alpha value is -4.39. The Labute approximate surface area is 222 Å². The number of pyridine rings is 1. The number of carbonyl (C=O) groups is 2. The molecule has 39 heavy (non-hydrogen) atoms. The number of aliphatic hydroxyl groups is 1. The second-order valence-electron chi connectivity index (χ2n) is 10.1. The van der Waals surface area contributed by atoms with Crippen molar-refractivity contribution in [2.75, 3.05) is 19.0 Å². The molecule has 2 atom stereocenters. The normalized spacial score (nSPS) is 18.8. The van der Waals surface area contributed by atoms with Gasteiger partial charge in [0.1, 0.15) is 5.69 Å². The third-order valence-electron chi connectivity index (χ3n) is 7.55. The van der Waals surface area contributed by atoms with E-state index in [1.807, 2.05) is 0 Å². The Morgan fingerprint density at radius 2 is 2.13 bits per heavy atom. The number of likely N-dealkylation sites (tertiary alicyclic amines) is 1. The summed E-state index contributed by atoms with van der Waals surface area (Å²) in [6.07, 6.45) is 6.14. The summed E-state index contributed by atoms with van der Waals surface area (Å²) in [6.45, 7) is 2.02. The van der Waals surface area contributed by atoms with Gasteiger partial charge in [-0.2, -0.15) is 10.2 Å². The van der Waals surface area contributed by atoms with Gasteiger partial charge in [0.05, 0.1) is 37.0 Å². The van der Waals surface area contributed by atoms with Gasteiger partial charge in [-0.1, -0.05) is 0 Å². The number of aromatic amines is 1. The second kappa shape index (κ2) is 9.42. The summed E-state index contributed by atoms with van der Waals surface area (Å²) < 4.78 is 21.0. The molecule has 2 aliphatic rings. The molecule has 1 aliphatic carbocycles. The first-order valence-electron chi connectivity index (χ1n) is 12.7. The fourth-order valence-electron chi connectivity index (χ4n) is 5.24. The number of carbonyl (C=O) groups excluding carboxylic acids is 2. The lowest BCUT2D eigenvalue weighted by Crippen LogP contribution is -2.50. The van der Waals surface area contributed by atoms with E-state index in [1.165, 1.54) is 30.0 Å². The van der Waals surface area contributed by atoms with E-state index in [-0.39, 0.29) is 34.9 Å². The Morgan fingerprint density at radius 3 is 2.87 bits per heavy atom. The molecule has 0 bridgehead atoms. The van der Waals surface area contributed by atoms with E-state index in [9.17, 15) is 19.1 Å². The number of nitrogens with zero attached hydrogens (tertiary/aromatic N) is 6. The summed E-state index contributed by atoms with van der Waals surface area (Å²) in [5, 5.41) is 23.9.